The van der Waals surface area contributed by atoms with Crippen LogP contribution in [0.4, 0.5) is 0 Å². The van der Waals surface area contributed by atoms with E-state index in [-0.39, 0.29) is 24.0 Å². The highest BCUT2D eigenvalue weighted by Crippen LogP contribution is 2.14. The van der Waals surface area contributed by atoms with Gasteiger partial charge < -0.3 is 10.6 Å². The molecule has 2 rings (SSSR count). The summed E-state index contributed by atoms with van der Waals surface area (Å²) < 4.78 is 1.78. The molecule has 1 heterocycles. The summed E-state index contributed by atoms with van der Waals surface area (Å²) in [5.41, 5.74) is 2.25. The lowest BCUT2D eigenvalue weighted by Gasteiger charge is -2.11. The first-order valence-electron chi connectivity index (χ1n) is 6.84. The van der Waals surface area contributed by atoms with Gasteiger partial charge in [0.15, 0.2) is 5.96 Å². The topological polar surface area (TPSA) is 54.2 Å². The molecule has 0 bridgehead atoms. The molecule has 120 valence electrons. The molecule has 0 saturated heterocycles. The van der Waals surface area contributed by atoms with Crippen molar-refractivity contribution in [2.45, 2.75) is 13.0 Å². The zero-order valence-corrected chi connectivity index (χ0v) is 15.8. The molecule has 0 amide bonds. The number of halogens is 2. The smallest absolute Gasteiger partial charge is 0.191 e. The molecule has 0 aliphatic rings. The summed E-state index contributed by atoms with van der Waals surface area (Å²) in [4.78, 5) is 4.20. The Morgan fingerprint density at radius 2 is 2.09 bits per heavy atom. The van der Waals surface area contributed by atoms with E-state index in [4.69, 9.17) is 11.6 Å². The number of rotatable bonds is 5. The Labute approximate surface area is 153 Å². The van der Waals surface area contributed by atoms with E-state index >= 15 is 0 Å². The third kappa shape index (κ3) is 5.84. The molecule has 0 radical (unpaired) electrons. The summed E-state index contributed by atoms with van der Waals surface area (Å²) in [6.45, 7) is 1.47. The molecule has 0 unspecified atom stereocenters. The summed E-state index contributed by atoms with van der Waals surface area (Å²) in [6.07, 6.45) is 4.67. The van der Waals surface area contributed by atoms with Gasteiger partial charge in [0, 0.05) is 44.0 Å². The first-order valence-corrected chi connectivity index (χ1v) is 7.22. The van der Waals surface area contributed by atoms with Crippen LogP contribution in [0.15, 0.2) is 41.7 Å². The second-order valence-corrected chi connectivity index (χ2v) is 5.12. The maximum atomic E-state index is 6.13. The van der Waals surface area contributed by atoms with Gasteiger partial charge >= 0.3 is 0 Å². The number of aliphatic imine (C=N–C) groups is 1. The highest BCUT2D eigenvalue weighted by molar-refractivity contribution is 14.0. The minimum atomic E-state index is 0. The molecule has 7 heteroatoms. The van der Waals surface area contributed by atoms with Crippen molar-refractivity contribution in [1.29, 1.82) is 0 Å². The van der Waals surface area contributed by atoms with Crippen molar-refractivity contribution in [2.24, 2.45) is 12.0 Å². The van der Waals surface area contributed by atoms with Gasteiger partial charge in [0.1, 0.15) is 0 Å². The molecule has 0 aliphatic heterocycles. The Morgan fingerprint density at radius 1 is 1.32 bits per heavy atom. The first kappa shape index (κ1) is 18.8. The monoisotopic (exact) mass is 433 g/mol. The second kappa shape index (κ2) is 9.68. The van der Waals surface area contributed by atoms with Crippen LogP contribution in [0.1, 0.15) is 11.1 Å². The van der Waals surface area contributed by atoms with Gasteiger partial charge in [-0.25, -0.2) is 0 Å². The highest BCUT2D eigenvalue weighted by atomic mass is 127. The lowest BCUT2D eigenvalue weighted by molar-refractivity contribution is 0.764. The average molecular weight is 434 g/mol. The molecule has 0 saturated carbocycles. The normalized spacial score (nSPS) is 11.0. The molecule has 0 fully saturated rings. The molecule has 0 spiro atoms. The summed E-state index contributed by atoms with van der Waals surface area (Å²) in [5.74, 6) is 0.769. The van der Waals surface area contributed by atoms with Gasteiger partial charge in [0.25, 0.3) is 0 Å². The summed E-state index contributed by atoms with van der Waals surface area (Å²) in [5, 5.41) is 11.5. The van der Waals surface area contributed by atoms with Gasteiger partial charge in [0.2, 0.25) is 0 Å². The van der Waals surface area contributed by atoms with Crippen LogP contribution >= 0.6 is 35.6 Å². The van der Waals surface area contributed by atoms with Gasteiger partial charge in [-0.2, -0.15) is 5.10 Å². The van der Waals surface area contributed by atoms with Crippen molar-refractivity contribution in [3.63, 3.8) is 0 Å². The molecule has 1 aromatic heterocycles. The summed E-state index contributed by atoms with van der Waals surface area (Å²) in [6, 6.07) is 7.88. The zero-order chi connectivity index (χ0) is 15.1. The average Bonchev–Trinajstić information content (AvgIpc) is 2.90. The van der Waals surface area contributed by atoms with E-state index in [0.29, 0.717) is 6.54 Å². The van der Waals surface area contributed by atoms with Gasteiger partial charge in [-0.15, -0.1) is 24.0 Å². The molecule has 0 atom stereocenters. The van der Waals surface area contributed by atoms with Crippen LogP contribution in [0.25, 0.3) is 0 Å². The Bertz CT molecular complexity index is 611. The number of hydrogen-bond donors (Lipinski definition) is 2. The fraction of sp³-hybridized carbons (Fsp3) is 0.333. The summed E-state index contributed by atoms with van der Waals surface area (Å²) >= 11 is 6.13. The van der Waals surface area contributed by atoms with E-state index in [1.165, 1.54) is 0 Å². The SMILES string of the molecule is CN=C(NCCc1ccccc1Cl)NCc1cnn(C)c1.I. The molecule has 2 N–H and O–H groups in total. The highest BCUT2D eigenvalue weighted by Gasteiger charge is 2.02. The van der Waals surface area contributed by atoms with Crippen molar-refractivity contribution in [3.8, 4) is 0 Å². The van der Waals surface area contributed by atoms with E-state index in [9.17, 15) is 0 Å². The number of guanidine groups is 1. The van der Waals surface area contributed by atoms with Gasteiger partial charge in [-0.05, 0) is 18.1 Å². The van der Waals surface area contributed by atoms with E-state index in [2.05, 4.69) is 20.7 Å². The fourth-order valence-electron chi connectivity index (χ4n) is 1.99. The maximum Gasteiger partial charge on any atom is 0.191 e. The van der Waals surface area contributed by atoms with Crippen molar-refractivity contribution < 1.29 is 0 Å². The minimum absolute atomic E-state index is 0. The van der Waals surface area contributed by atoms with Gasteiger partial charge in [0.05, 0.1) is 6.20 Å². The molecule has 5 nitrogen and oxygen atoms in total. The van der Waals surface area contributed by atoms with Crippen molar-refractivity contribution in [1.82, 2.24) is 20.4 Å². The Morgan fingerprint density at radius 3 is 2.73 bits per heavy atom. The second-order valence-electron chi connectivity index (χ2n) is 4.72. The van der Waals surface area contributed by atoms with Crippen LogP contribution in [0.3, 0.4) is 0 Å². The molecule has 0 aliphatic carbocycles. The predicted molar refractivity (Wildman–Crippen MR) is 102 cm³/mol. The lowest BCUT2D eigenvalue weighted by atomic mass is 10.1. The van der Waals surface area contributed by atoms with Crippen molar-refractivity contribution in [2.75, 3.05) is 13.6 Å². The van der Waals surface area contributed by atoms with Gasteiger partial charge in [-0.3, -0.25) is 9.67 Å². The van der Waals surface area contributed by atoms with Crippen LogP contribution in [-0.2, 0) is 20.0 Å². The maximum absolute atomic E-state index is 6.13. The van der Waals surface area contributed by atoms with Crippen LogP contribution in [0.5, 0.6) is 0 Å². The number of aryl methyl sites for hydroxylation is 1. The van der Waals surface area contributed by atoms with Crippen molar-refractivity contribution in [3.05, 3.63) is 52.8 Å². The number of benzene rings is 1. The third-order valence-electron chi connectivity index (χ3n) is 3.09. The first-order chi connectivity index (χ1) is 10.2. The van der Waals surface area contributed by atoms with E-state index < -0.39 is 0 Å². The molecule has 1 aromatic carbocycles. The molecular weight excluding hydrogens is 413 g/mol. The van der Waals surface area contributed by atoms with Gasteiger partial charge in [-0.1, -0.05) is 29.8 Å². The van der Waals surface area contributed by atoms with Crippen LogP contribution in [0.2, 0.25) is 5.02 Å². The quantitative estimate of drug-likeness (QED) is 0.433. The Kier molecular flexibility index (Phi) is 8.26. The van der Waals surface area contributed by atoms with Crippen LogP contribution in [-0.4, -0.2) is 29.3 Å². The van der Waals surface area contributed by atoms with Crippen molar-refractivity contribution >= 4 is 41.5 Å². The third-order valence-corrected chi connectivity index (χ3v) is 3.46. The van der Waals surface area contributed by atoms with Crippen LogP contribution < -0.4 is 10.6 Å². The standard InChI is InChI=1S/C15H20ClN5.HI/c1-17-15(19-9-12-10-20-21(2)11-12)18-8-7-13-5-3-4-6-14(13)16;/h3-6,10-11H,7-9H2,1-2H3,(H2,17,18,19);1H. The Hall–Kier alpha value is -1.28. The molecule has 2 aromatic rings. The van der Waals surface area contributed by atoms with Crippen LogP contribution in [0, 0.1) is 0 Å². The molecular formula is C15H21ClIN5. The predicted octanol–water partition coefficient (Wildman–Crippen LogP) is 2.60. The largest absolute Gasteiger partial charge is 0.356 e. The number of hydrogen-bond acceptors (Lipinski definition) is 2. The number of aromatic nitrogens is 2. The van der Waals surface area contributed by atoms with E-state index in [1.54, 1.807) is 11.7 Å². The number of nitrogens with one attached hydrogen (secondary N) is 2. The lowest BCUT2D eigenvalue weighted by Crippen LogP contribution is -2.37. The Balaban J connectivity index is 0.00000242. The minimum Gasteiger partial charge on any atom is -0.356 e. The molecule has 22 heavy (non-hydrogen) atoms. The number of nitrogens with zero attached hydrogens (tertiary/aromatic N) is 3. The fourth-order valence-corrected chi connectivity index (χ4v) is 2.22. The summed E-state index contributed by atoms with van der Waals surface area (Å²) in [7, 11) is 3.66. The zero-order valence-electron chi connectivity index (χ0n) is 12.7. The van der Waals surface area contributed by atoms with E-state index in [1.807, 2.05) is 43.7 Å². The van der Waals surface area contributed by atoms with E-state index in [0.717, 1.165) is 35.1 Å².